The van der Waals surface area contributed by atoms with E-state index in [0.717, 1.165) is 29.6 Å². The number of aromatic carboxylic acids is 1. The molecule has 138 valence electrons. The summed E-state index contributed by atoms with van der Waals surface area (Å²) < 4.78 is 0. The van der Waals surface area contributed by atoms with Gasteiger partial charge in [0.25, 0.3) is 0 Å². The summed E-state index contributed by atoms with van der Waals surface area (Å²) in [5, 5.41) is 16.9. The fourth-order valence-corrected chi connectivity index (χ4v) is 3.54. The minimum Gasteiger partial charge on any atom is -0.478 e. The van der Waals surface area contributed by atoms with Crippen molar-refractivity contribution in [3.05, 3.63) is 54.1 Å². The van der Waals surface area contributed by atoms with Gasteiger partial charge in [0, 0.05) is 17.1 Å². The van der Waals surface area contributed by atoms with Crippen LogP contribution in [0.4, 0.5) is 17.5 Å². The Balaban J connectivity index is 1.66. The summed E-state index contributed by atoms with van der Waals surface area (Å²) in [6.45, 7) is 0. The molecule has 0 amide bonds. The maximum atomic E-state index is 11.2. The van der Waals surface area contributed by atoms with Gasteiger partial charge in [-0.2, -0.15) is 4.98 Å². The van der Waals surface area contributed by atoms with Gasteiger partial charge >= 0.3 is 5.97 Å². The SMILES string of the molecule is O=C(O)c1cccc(Nc2nc(NC3CCCCC3)c3ccccc3n2)c1. The molecule has 0 aliphatic heterocycles. The van der Waals surface area contributed by atoms with Crippen molar-refractivity contribution in [1.82, 2.24) is 9.97 Å². The first kappa shape index (κ1) is 17.3. The predicted molar refractivity (Wildman–Crippen MR) is 107 cm³/mol. The van der Waals surface area contributed by atoms with Crippen molar-refractivity contribution in [1.29, 1.82) is 0 Å². The quantitative estimate of drug-likeness (QED) is 0.603. The molecular formula is C21H22N4O2. The van der Waals surface area contributed by atoms with Crippen LogP contribution in [0.1, 0.15) is 42.5 Å². The molecule has 0 spiro atoms. The van der Waals surface area contributed by atoms with Crippen LogP contribution >= 0.6 is 0 Å². The molecule has 6 nitrogen and oxygen atoms in total. The van der Waals surface area contributed by atoms with Gasteiger partial charge in [0.2, 0.25) is 5.95 Å². The highest BCUT2D eigenvalue weighted by atomic mass is 16.4. The van der Waals surface area contributed by atoms with E-state index in [4.69, 9.17) is 0 Å². The minimum absolute atomic E-state index is 0.223. The molecule has 4 rings (SSSR count). The summed E-state index contributed by atoms with van der Waals surface area (Å²) in [6, 6.07) is 15.0. The number of para-hydroxylation sites is 1. The molecule has 0 saturated heterocycles. The summed E-state index contributed by atoms with van der Waals surface area (Å²) in [5.41, 5.74) is 1.72. The van der Waals surface area contributed by atoms with Crippen LogP contribution in [0.3, 0.4) is 0 Å². The molecule has 1 fully saturated rings. The fourth-order valence-electron chi connectivity index (χ4n) is 3.54. The molecule has 0 bridgehead atoms. The molecule has 3 N–H and O–H groups in total. The number of nitrogens with one attached hydrogen (secondary N) is 2. The van der Waals surface area contributed by atoms with Crippen LogP contribution in [-0.4, -0.2) is 27.1 Å². The van der Waals surface area contributed by atoms with Crippen LogP contribution < -0.4 is 10.6 Å². The van der Waals surface area contributed by atoms with E-state index in [2.05, 4.69) is 20.6 Å². The van der Waals surface area contributed by atoms with Crippen molar-refractivity contribution < 1.29 is 9.90 Å². The largest absolute Gasteiger partial charge is 0.478 e. The highest BCUT2D eigenvalue weighted by Crippen LogP contribution is 2.27. The number of carboxylic acid groups (broad SMARTS) is 1. The van der Waals surface area contributed by atoms with Gasteiger partial charge < -0.3 is 15.7 Å². The summed E-state index contributed by atoms with van der Waals surface area (Å²) in [5.74, 6) is 0.316. The third-order valence-electron chi connectivity index (χ3n) is 4.91. The lowest BCUT2D eigenvalue weighted by atomic mass is 9.95. The second kappa shape index (κ2) is 7.61. The third-order valence-corrected chi connectivity index (χ3v) is 4.91. The van der Waals surface area contributed by atoms with Gasteiger partial charge in [0.1, 0.15) is 5.82 Å². The summed E-state index contributed by atoms with van der Waals surface area (Å²) >= 11 is 0. The average molecular weight is 362 g/mol. The molecule has 1 aliphatic carbocycles. The third kappa shape index (κ3) is 4.00. The number of carbonyl (C=O) groups is 1. The molecule has 1 saturated carbocycles. The number of aromatic nitrogens is 2. The van der Waals surface area contributed by atoms with E-state index in [9.17, 15) is 9.90 Å². The molecule has 0 unspecified atom stereocenters. The molecular weight excluding hydrogens is 340 g/mol. The number of hydrogen-bond donors (Lipinski definition) is 3. The topological polar surface area (TPSA) is 87.1 Å². The van der Waals surface area contributed by atoms with Crippen molar-refractivity contribution in [3.8, 4) is 0 Å². The van der Waals surface area contributed by atoms with Crippen molar-refractivity contribution in [3.63, 3.8) is 0 Å². The average Bonchev–Trinajstić information content (AvgIpc) is 2.69. The Bertz CT molecular complexity index is 967. The lowest BCUT2D eigenvalue weighted by Gasteiger charge is -2.24. The lowest BCUT2D eigenvalue weighted by Crippen LogP contribution is -2.23. The number of carboxylic acids is 1. The first-order valence-electron chi connectivity index (χ1n) is 9.33. The zero-order chi connectivity index (χ0) is 18.6. The van der Waals surface area contributed by atoms with Crippen molar-refractivity contribution in [2.45, 2.75) is 38.1 Å². The van der Waals surface area contributed by atoms with Crippen molar-refractivity contribution >= 4 is 34.3 Å². The summed E-state index contributed by atoms with van der Waals surface area (Å²) in [6.07, 6.45) is 6.10. The minimum atomic E-state index is -0.960. The van der Waals surface area contributed by atoms with E-state index in [1.54, 1.807) is 24.3 Å². The Morgan fingerprint density at radius 1 is 1.00 bits per heavy atom. The van der Waals surface area contributed by atoms with Crippen LogP contribution in [0, 0.1) is 0 Å². The van der Waals surface area contributed by atoms with E-state index < -0.39 is 5.97 Å². The van der Waals surface area contributed by atoms with E-state index in [1.165, 1.54) is 19.3 Å². The van der Waals surface area contributed by atoms with E-state index >= 15 is 0 Å². The normalized spacial score (nSPS) is 14.8. The van der Waals surface area contributed by atoms with Gasteiger partial charge in [-0.25, -0.2) is 9.78 Å². The molecule has 0 radical (unpaired) electrons. The Hall–Kier alpha value is -3.15. The van der Waals surface area contributed by atoms with Crippen molar-refractivity contribution in [2.75, 3.05) is 10.6 Å². The highest BCUT2D eigenvalue weighted by Gasteiger charge is 2.16. The van der Waals surface area contributed by atoms with Gasteiger partial charge in [-0.05, 0) is 43.2 Å². The number of hydrogen-bond acceptors (Lipinski definition) is 5. The maximum Gasteiger partial charge on any atom is 0.335 e. The molecule has 6 heteroatoms. The Morgan fingerprint density at radius 3 is 2.63 bits per heavy atom. The molecule has 1 aromatic heterocycles. The smallest absolute Gasteiger partial charge is 0.335 e. The molecule has 3 aromatic rings. The van der Waals surface area contributed by atoms with E-state index in [-0.39, 0.29) is 5.56 Å². The summed E-state index contributed by atoms with van der Waals surface area (Å²) in [7, 11) is 0. The number of benzene rings is 2. The zero-order valence-electron chi connectivity index (χ0n) is 15.0. The van der Waals surface area contributed by atoms with Crippen LogP contribution in [0.15, 0.2) is 48.5 Å². The standard InChI is InChI=1S/C21H22N4O2/c26-20(27)14-7-6-10-16(13-14)23-21-24-18-12-5-4-11-17(18)19(25-21)22-15-8-2-1-3-9-15/h4-7,10-13,15H,1-3,8-9H2,(H,26,27)(H2,22,23,24,25). The second-order valence-electron chi connectivity index (χ2n) is 6.90. The van der Waals surface area contributed by atoms with Crippen LogP contribution in [0.25, 0.3) is 10.9 Å². The summed E-state index contributed by atoms with van der Waals surface area (Å²) in [4.78, 5) is 20.5. The molecule has 1 aliphatic rings. The van der Waals surface area contributed by atoms with E-state index in [1.807, 2.05) is 24.3 Å². The number of fused-ring (bicyclic) bond motifs is 1. The van der Waals surface area contributed by atoms with Crippen LogP contribution in [-0.2, 0) is 0 Å². The van der Waals surface area contributed by atoms with Crippen LogP contribution in [0.5, 0.6) is 0 Å². The number of rotatable bonds is 5. The van der Waals surface area contributed by atoms with Crippen LogP contribution in [0.2, 0.25) is 0 Å². The van der Waals surface area contributed by atoms with Gasteiger partial charge in [0.05, 0.1) is 11.1 Å². The number of anilines is 3. The number of nitrogens with zero attached hydrogens (tertiary/aromatic N) is 2. The van der Waals surface area contributed by atoms with E-state index in [0.29, 0.717) is 17.7 Å². The zero-order valence-corrected chi connectivity index (χ0v) is 15.0. The lowest BCUT2D eigenvalue weighted by molar-refractivity contribution is 0.0697. The van der Waals surface area contributed by atoms with Gasteiger partial charge in [-0.1, -0.05) is 37.5 Å². The maximum absolute atomic E-state index is 11.2. The first-order chi connectivity index (χ1) is 13.2. The molecule has 2 aromatic carbocycles. The second-order valence-corrected chi connectivity index (χ2v) is 6.90. The predicted octanol–water partition coefficient (Wildman–Crippen LogP) is 4.82. The van der Waals surface area contributed by atoms with Gasteiger partial charge in [-0.15, -0.1) is 0 Å². The fraction of sp³-hybridized carbons (Fsp3) is 0.286. The molecule has 0 atom stereocenters. The Kier molecular flexibility index (Phi) is 4.87. The molecule has 27 heavy (non-hydrogen) atoms. The van der Waals surface area contributed by atoms with Gasteiger partial charge in [-0.3, -0.25) is 0 Å². The molecule has 1 heterocycles. The first-order valence-corrected chi connectivity index (χ1v) is 9.33. The Labute approximate surface area is 157 Å². The Morgan fingerprint density at radius 2 is 1.81 bits per heavy atom. The monoisotopic (exact) mass is 362 g/mol. The van der Waals surface area contributed by atoms with Crippen molar-refractivity contribution in [2.24, 2.45) is 0 Å². The highest BCUT2D eigenvalue weighted by molar-refractivity contribution is 5.91. The van der Waals surface area contributed by atoms with Gasteiger partial charge in [0.15, 0.2) is 0 Å².